The first-order chi connectivity index (χ1) is 14.3. The summed E-state index contributed by atoms with van der Waals surface area (Å²) in [6, 6.07) is 10.1. The van der Waals surface area contributed by atoms with E-state index in [-0.39, 0.29) is 5.91 Å². The number of carbonyl (C=O) groups is 2. The van der Waals surface area contributed by atoms with E-state index in [1.807, 2.05) is 26.8 Å². The van der Waals surface area contributed by atoms with Crippen LogP contribution in [-0.4, -0.2) is 79.3 Å². The number of ether oxygens (including phenoxy) is 1. The third kappa shape index (κ3) is 6.36. The van der Waals surface area contributed by atoms with Crippen molar-refractivity contribution in [2.45, 2.75) is 51.7 Å². The Morgan fingerprint density at radius 1 is 1.07 bits per heavy atom. The number of anilines is 1. The van der Waals surface area contributed by atoms with Gasteiger partial charge in [-0.05, 0) is 58.7 Å². The van der Waals surface area contributed by atoms with Gasteiger partial charge in [-0.3, -0.25) is 14.6 Å². The van der Waals surface area contributed by atoms with Gasteiger partial charge in [0.05, 0.1) is 0 Å². The van der Waals surface area contributed by atoms with Crippen LogP contribution in [0.2, 0.25) is 0 Å². The molecule has 7 nitrogen and oxygen atoms in total. The maximum atomic E-state index is 12.6. The Bertz CT molecular complexity index is 696. The molecule has 30 heavy (non-hydrogen) atoms. The van der Waals surface area contributed by atoms with Crippen LogP contribution in [0.25, 0.3) is 0 Å². The lowest BCUT2D eigenvalue weighted by Gasteiger charge is -2.36. The lowest BCUT2D eigenvalue weighted by atomic mass is 10.2. The van der Waals surface area contributed by atoms with E-state index in [1.165, 1.54) is 5.69 Å². The highest BCUT2D eigenvalue weighted by Gasteiger charge is 2.36. The Balaban J connectivity index is 1.34. The van der Waals surface area contributed by atoms with Gasteiger partial charge in [-0.15, -0.1) is 0 Å². The Morgan fingerprint density at radius 3 is 2.43 bits per heavy atom. The molecule has 1 aromatic rings. The van der Waals surface area contributed by atoms with E-state index in [1.54, 1.807) is 4.90 Å². The first-order valence-electron chi connectivity index (χ1n) is 11.1. The third-order valence-corrected chi connectivity index (χ3v) is 5.63. The van der Waals surface area contributed by atoms with Crippen LogP contribution in [0.1, 0.15) is 40.0 Å². The van der Waals surface area contributed by atoms with E-state index in [0.717, 1.165) is 45.6 Å². The molecule has 2 amide bonds. The third-order valence-electron chi connectivity index (χ3n) is 5.63. The van der Waals surface area contributed by atoms with E-state index in [2.05, 4.69) is 39.4 Å². The Morgan fingerprint density at radius 2 is 1.77 bits per heavy atom. The molecule has 2 aliphatic rings. The van der Waals surface area contributed by atoms with Crippen molar-refractivity contribution in [2.24, 2.45) is 0 Å². The van der Waals surface area contributed by atoms with Gasteiger partial charge < -0.3 is 15.0 Å². The van der Waals surface area contributed by atoms with Gasteiger partial charge >= 0.3 is 6.09 Å². The minimum Gasteiger partial charge on any atom is -0.444 e. The number of nitrogens with one attached hydrogen (secondary N) is 1. The van der Waals surface area contributed by atoms with Crippen LogP contribution in [-0.2, 0) is 9.53 Å². The second kappa shape index (κ2) is 10.2. The molecule has 1 N–H and O–H groups in total. The Labute approximate surface area is 180 Å². The molecule has 0 bridgehead atoms. The molecule has 0 aromatic heterocycles. The second-order valence-corrected chi connectivity index (χ2v) is 9.14. The van der Waals surface area contributed by atoms with Crippen LogP contribution in [0.5, 0.6) is 0 Å². The van der Waals surface area contributed by atoms with Crippen molar-refractivity contribution in [3.63, 3.8) is 0 Å². The number of piperazine rings is 1. The van der Waals surface area contributed by atoms with Crippen LogP contribution in [0.3, 0.4) is 0 Å². The number of likely N-dealkylation sites (tertiary alicyclic amines) is 1. The SMILES string of the molecule is CC(C)(C)OC(=O)N1CCCC1C(=O)NCCCN1CCN(c2ccccc2)CC1. The molecule has 0 saturated carbocycles. The maximum Gasteiger partial charge on any atom is 0.410 e. The largest absolute Gasteiger partial charge is 0.444 e. The van der Waals surface area contributed by atoms with Crippen molar-refractivity contribution in [1.82, 2.24) is 15.1 Å². The van der Waals surface area contributed by atoms with Crippen LogP contribution < -0.4 is 10.2 Å². The molecule has 2 saturated heterocycles. The second-order valence-electron chi connectivity index (χ2n) is 9.14. The average Bonchev–Trinajstić information content (AvgIpc) is 3.21. The molecule has 0 aliphatic carbocycles. The zero-order chi connectivity index (χ0) is 21.6. The summed E-state index contributed by atoms with van der Waals surface area (Å²) in [5.74, 6) is -0.0627. The summed E-state index contributed by atoms with van der Waals surface area (Å²) >= 11 is 0. The number of benzene rings is 1. The van der Waals surface area contributed by atoms with Crippen molar-refractivity contribution in [3.05, 3.63) is 30.3 Å². The quantitative estimate of drug-likeness (QED) is 0.723. The normalized spacial score (nSPS) is 20.3. The highest BCUT2D eigenvalue weighted by Crippen LogP contribution is 2.21. The van der Waals surface area contributed by atoms with Crippen LogP contribution in [0.15, 0.2) is 30.3 Å². The first-order valence-corrected chi connectivity index (χ1v) is 11.1. The van der Waals surface area contributed by atoms with Crippen molar-refractivity contribution >= 4 is 17.7 Å². The molecule has 1 aromatic carbocycles. The van der Waals surface area contributed by atoms with Crippen LogP contribution >= 0.6 is 0 Å². The van der Waals surface area contributed by atoms with E-state index < -0.39 is 17.7 Å². The lowest BCUT2D eigenvalue weighted by molar-refractivity contribution is -0.125. The fourth-order valence-electron chi connectivity index (χ4n) is 4.08. The topological polar surface area (TPSA) is 65.1 Å². The molecule has 166 valence electrons. The first kappa shape index (κ1) is 22.4. The summed E-state index contributed by atoms with van der Waals surface area (Å²) < 4.78 is 5.44. The number of hydrogen-bond acceptors (Lipinski definition) is 5. The molecular formula is C23H36N4O3. The molecular weight excluding hydrogens is 380 g/mol. The molecule has 7 heteroatoms. The molecule has 3 rings (SSSR count). The summed E-state index contributed by atoms with van der Waals surface area (Å²) in [7, 11) is 0. The summed E-state index contributed by atoms with van der Waals surface area (Å²) in [5.41, 5.74) is 0.737. The smallest absolute Gasteiger partial charge is 0.410 e. The predicted molar refractivity (Wildman–Crippen MR) is 119 cm³/mol. The van der Waals surface area contributed by atoms with Crippen LogP contribution in [0.4, 0.5) is 10.5 Å². The van der Waals surface area contributed by atoms with E-state index in [4.69, 9.17) is 4.74 Å². The van der Waals surface area contributed by atoms with E-state index in [9.17, 15) is 9.59 Å². The number of rotatable bonds is 6. The number of amides is 2. The maximum absolute atomic E-state index is 12.6. The molecule has 1 unspecified atom stereocenters. The summed E-state index contributed by atoms with van der Waals surface area (Å²) in [4.78, 5) is 31.4. The summed E-state index contributed by atoms with van der Waals surface area (Å²) in [6.07, 6.45) is 2.06. The van der Waals surface area contributed by atoms with Crippen molar-refractivity contribution < 1.29 is 14.3 Å². The van der Waals surface area contributed by atoms with E-state index in [0.29, 0.717) is 19.5 Å². The van der Waals surface area contributed by atoms with Crippen LogP contribution in [0, 0.1) is 0 Å². The van der Waals surface area contributed by atoms with Gasteiger partial charge in [-0.1, -0.05) is 18.2 Å². The highest BCUT2D eigenvalue weighted by molar-refractivity contribution is 5.86. The van der Waals surface area contributed by atoms with Gasteiger partial charge in [0.2, 0.25) is 5.91 Å². The molecule has 2 heterocycles. The van der Waals surface area contributed by atoms with E-state index >= 15 is 0 Å². The zero-order valence-corrected chi connectivity index (χ0v) is 18.6. The lowest BCUT2D eigenvalue weighted by Crippen LogP contribution is -2.48. The minimum absolute atomic E-state index is 0.0627. The number of carbonyl (C=O) groups excluding carboxylic acids is 2. The zero-order valence-electron chi connectivity index (χ0n) is 18.6. The van der Waals surface area contributed by atoms with Gasteiger partial charge in [0.1, 0.15) is 11.6 Å². The summed E-state index contributed by atoms with van der Waals surface area (Å²) in [6.45, 7) is 11.9. The minimum atomic E-state index is -0.550. The Hall–Kier alpha value is -2.28. The molecule has 2 aliphatic heterocycles. The van der Waals surface area contributed by atoms with Crippen molar-refractivity contribution in [2.75, 3.05) is 50.7 Å². The molecule has 1 atom stereocenters. The van der Waals surface area contributed by atoms with Gasteiger partial charge in [-0.2, -0.15) is 0 Å². The molecule has 0 radical (unpaired) electrons. The number of hydrogen-bond donors (Lipinski definition) is 1. The molecule has 2 fully saturated rings. The standard InChI is InChI=1S/C23H36N4O3/c1-23(2,3)30-22(29)27-14-7-11-20(27)21(28)24-12-8-13-25-15-17-26(18-16-25)19-9-5-4-6-10-19/h4-6,9-10,20H,7-8,11-18H2,1-3H3,(H,24,28). The highest BCUT2D eigenvalue weighted by atomic mass is 16.6. The van der Waals surface area contributed by atoms with Gasteiger partial charge in [0.25, 0.3) is 0 Å². The average molecular weight is 417 g/mol. The van der Waals surface area contributed by atoms with Crippen molar-refractivity contribution in [3.8, 4) is 0 Å². The summed E-state index contributed by atoms with van der Waals surface area (Å²) in [5, 5.41) is 3.02. The Kier molecular flexibility index (Phi) is 7.58. The fourth-order valence-corrected chi connectivity index (χ4v) is 4.08. The van der Waals surface area contributed by atoms with Crippen molar-refractivity contribution in [1.29, 1.82) is 0 Å². The number of nitrogens with zero attached hydrogens (tertiary/aromatic N) is 3. The fraction of sp³-hybridized carbons (Fsp3) is 0.652. The molecule has 0 spiro atoms. The van der Waals surface area contributed by atoms with Gasteiger partial charge in [-0.25, -0.2) is 4.79 Å². The van der Waals surface area contributed by atoms with Gasteiger partial charge in [0, 0.05) is 45.0 Å². The number of para-hydroxylation sites is 1. The monoisotopic (exact) mass is 416 g/mol. The predicted octanol–water partition coefficient (Wildman–Crippen LogP) is 2.71. The van der Waals surface area contributed by atoms with Gasteiger partial charge in [0.15, 0.2) is 0 Å².